The molecule has 7 nitrogen and oxygen atoms in total. The van der Waals surface area contributed by atoms with Crippen LogP contribution in [0.5, 0.6) is 0 Å². The van der Waals surface area contributed by atoms with Crippen LogP contribution in [0.1, 0.15) is 12.0 Å². The number of hydrogen-bond donors (Lipinski definition) is 3. The molecular formula is C21H23ClN4O3. The van der Waals surface area contributed by atoms with Crippen molar-refractivity contribution in [2.45, 2.75) is 24.6 Å². The Balaban J connectivity index is 0.00000240. The predicted molar refractivity (Wildman–Crippen MR) is 113 cm³/mol. The summed E-state index contributed by atoms with van der Waals surface area (Å²) in [5, 5.41) is 17.3. The molecule has 3 aromatic rings. The Hall–Kier alpha value is -2.74. The second kappa shape index (κ2) is 8.73. The first-order valence-electron chi connectivity index (χ1n) is 9.30. The highest BCUT2D eigenvalue weighted by Crippen LogP contribution is 2.31. The van der Waals surface area contributed by atoms with Crippen molar-refractivity contribution >= 4 is 29.2 Å². The minimum absolute atomic E-state index is 0. The quantitative estimate of drug-likeness (QED) is 0.596. The number of rotatable bonds is 4. The summed E-state index contributed by atoms with van der Waals surface area (Å²) < 4.78 is 1.30. The van der Waals surface area contributed by atoms with Gasteiger partial charge in [-0.2, -0.15) is 0 Å². The summed E-state index contributed by atoms with van der Waals surface area (Å²) >= 11 is 0. The van der Waals surface area contributed by atoms with E-state index in [0.29, 0.717) is 30.4 Å². The number of aliphatic hydroxyl groups is 1. The number of β-amino-alcohol motifs (C(OH)–C–C–N with tert-alkyl or cyclic N) is 1. The van der Waals surface area contributed by atoms with Crippen molar-refractivity contribution < 1.29 is 9.90 Å². The van der Waals surface area contributed by atoms with Crippen molar-refractivity contribution in [3.05, 3.63) is 76.8 Å². The lowest BCUT2D eigenvalue weighted by Crippen LogP contribution is -2.61. The first-order valence-corrected chi connectivity index (χ1v) is 9.30. The molecule has 4 rings (SSSR count). The maximum absolute atomic E-state index is 12.9. The van der Waals surface area contributed by atoms with E-state index in [1.54, 1.807) is 18.2 Å². The van der Waals surface area contributed by atoms with E-state index in [4.69, 9.17) is 0 Å². The zero-order chi connectivity index (χ0) is 19.6. The van der Waals surface area contributed by atoms with Crippen LogP contribution in [0.4, 0.5) is 0 Å². The largest absolute Gasteiger partial charge is 0.389 e. The molecule has 1 aliphatic heterocycles. The smallest absolute Gasteiger partial charge is 0.261 e. The molecule has 0 unspecified atom stereocenters. The minimum Gasteiger partial charge on any atom is -0.389 e. The van der Waals surface area contributed by atoms with Crippen molar-refractivity contribution in [1.82, 2.24) is 20.2 Å². The lowest BCUT2D eigenvalue weighted by Gasteiger charge is -2.43. The molecule has 1 aliphatic rings. The van der Waals surface area contributed by atoms with E-state index in [1.807, 2.05) is 36.4 Å². The van der Waals surface area contributed by atoms with E-state index in [1.165, 1.54) is 10.9 Å². The third-order valence-electron chi connectivity index (χ3n) is 5.30. The van der Waals surface area contributed by atoms with Crippen LogP contribution in [0.15, 0.2) is 65.7 Å². The minimum atomic E-state index is -0.891. The van der Waals surface area contributed by atoms with Crippen LogP contribution in [-0.2, 0) is 16.9 Å². The highest BCUT2D eigenvalue weighted by atomic mass is 35.5. The van der Waals surface area contributed by atoms with Gasteiger partial charge in [0.05, 0.1) is 28.9 Å². The topological polar surface area (TPSA) is 96.2 Å². The molecule has 0 saturated carbocycles. The molecule has 0 spiro atoms. The van der Waals surface area contributed by atoms with Crippen LogP contribution in [0.25, 0.3) is 10.9 Å². The van der Waals surface area contributed by atoms with E-state index >= 15 is 0 Å². The number of nitrogens with zero attached hydrogens (tertiary/aromatic N) is 2. The third kappa shape index (κ3) is 4.03. The lowest BCUT2D eigenvalue weighted by molar-refractivity contribution is -0.126. The van der Waals surface area contributed by atoms with Gasteiger partial charge in [0.25, 0.3) is 5.56 Å². The van der Waals surface area contributed by atoms with Crippen LogP contribution >= 0.6 is 12.4 Å². The van der Waals surface area contributed by atoms with Gasteiger partial charge in [-0.15, -0.1) is 12.4 Å². The standard InChI is InChI=1S/C21H22N4O3.ClH/c26-18-12-22-11-10-21(18,15-6-2-1-3-7-15)24-19(27)13-25-14-23-17-9-5-4-8-16(17)20(25)28;/h1-9,14,18,22,26H,10-13H2,(H,24,27);1H/t18-,21+;/m1./s1. The zero-order valence-electron chi connectivity index (χ0n) is 15.7. The monoisotopic (exact) mass is 414 g/mol. The molecule has 0 radical (unpaired) electrons. The van der Waals surface area contributed by atoms with Crippen molar-refractivity contribution in [3.63, 3.8) is 0 Å². The summed E-state index contributed by atoms with van der Waals surface area (Å²) in [6.45, 7) is 0.891. The van der Waals surface area contributed by atoms with Gasteiger partial charge in [0.1, 0.15) is 6.54 Å². The van der Waals surface area contributed by atoms with E-state index in [-0.39, 0.29) is 30.4 Å². The molecule has 1 amide bonds. The first kappa shape index (κ1) is 21.0. The van der Waals surface area contributed by atoms with E-state index in [2.05, 4.69) is 15.6 Å². The van der Waals surface area contributed by atoms with Gasteiger partial charge in [0, 0.05) is 6.54 Å². The van der Waals surface area contributed by atoms with E-state index in [9.17, 15) is 14.7 Å². The molecular weight excluding hydrogens is 392 g/mol. The molecule has 29 heavy (non-hydrogen) atoms. The predicted octanol–water partition coefficient (Wildman–Crippen LogP) is 1.18. The Morgan fingerprint density at radius 2 is 1.93 bits per heavy atom. The number of amides is 1. The maximum Gasteiger partial charge on any atom is 0.261 e. The molecule has 3 N–H and O–H groups in total. The second-order valence-corrected chi connectivity index (χ2v) is 7.05. The van der Waals surface area contributed by atoms with E-state index in [0.717, 1.165) is 5.56 Å². The molecule has 1 aromatic heterocycles. The molecule has 2 heterocycles. The van der Waals surface area contributed by atoms with Gasteiger partial charge in [-0.3, -0.25) is 14.2 Å². The molecule has 152 valence electrons. The number of para-hydroxylation sites is 1. The summed E-state index contributed by atoms with van der Waals surface area (Å²) in [7, 11) is 0. The number of aliphatic hydroxyl groups excluding tert-OH is 1. The zero-order valence-corrected chi connectivity index (χ0v) is 16.6. The summed E-state index contributed by atoms with van der Waals surface area (Å²) in [6.07, 6.45) is 1.16. The Morgan fingerprint density at radius 3 is 2.69 bits per heavy atom. The Labute approximate surface area is 174 Å². The van der Waals surface area contributed by atoms with Crippen molar-refractivity contribution in [2.24, 2.45) is 0 Å². The first-order chi connectivity index (χ1) is 13.6. The van der Waals surface area contributed by atoms with Gasteiger partial charge < -0.3 is 15.7 Å². The average Bonchev–Trinajstić information content (AvgIpc) is 2.73. The molecule has 2 atom stereocenters. The molecule has 0 bridgehead atoms. The van der Waals surface area contributed by atoms with Crippen molar-refractivity contribution in [3.8, 4) is 0 Å². The van der Waals surface area contributed by atoms with Gasteiger partial charge in [0.2, 0.25) is 5.91 Å². The number of halogens is 1. The Kier molecular flexibility index (Phi) is 6.32. The number of carbonyl (C=O) groups excluding carboxylic acids is 1. The lowest BCUT2D eigenvalue weighted by atomic mass is 9.79. The third-order valence-corrected chi connectivity index (χ3v) is 5.30. The highest BCUT2D eigenvalue weighted by molar-refractivity contribution is 5.85. The SMILES string of the molecule is Cl.O=C(Cn1cnc2ccccc2c1=O)N[C@]1(c2ccccc2)CCNC[C@H]1O. The summed E-state index contributed by atoms with van der Waals surface area (Å²) in [4.78, 5) is 29.8. The van der Waals surface area contributed by atoms with Crippen LogP contribution < -0.4 is 16.2 Å². The van der Waals surface area contributed by atoms with Crippen LogP contribution in [0.3, 0.4) is 0 Å². The maximum atomic E-state index is 12.9. The summed E-state index contributed by atoms with van der Waals surface area (Å²) in [6, 6.07) is 16.5. The molecule has 1 fully saturated rings. The number of aromatic nitrogens is 2. The Bertz CT molecular complexity index is 1060. The van der Waals surface area contributed by atoms with Crippen LogP contribution in [-0.4, -0.2) is 39.8 Å². The fourth-order valence-corrected chi connectivity index (χ4v) is 3.82. The van der Waals surface area contributed by atoms with Crippen LogP contribution in [0, 0.1) is 0 Å². The summed E-state index contributed by atoms with van der Waals surface area (Å²) in [5.41, 5.74) is 0.290. The molecule has 8 heteroatoms. The highest BCUT2D eigenvalue weighted by Gasteiger charge is 2.42. The van der Waals surface area contributed by atoms with E-state index < -0.39 is 11.6 Å². The number of carbonyl (C=O) groups is 1. The molecule has 1 saturated heterocycles. The molecule has 2 aromatic carbocycles. The number of hydrogen-bond acceptors (Lipinski definition) is 5. The van der Waals surface area contributed by atoms with Gasteiger partial charge in [0.15, 0.2) is 0 Å². The van der Waals surface area contributed by atoms with Gasteiger partial charge >= 0.3 is 0 Å². The van der Waals surface area contributed by atoms with Crippen molar-refractivity contribution in [2.75, 3.05) is 13.1 Å². The van der Waals surface area contributed by atoms with Crippen molar-refractivity contribution in [1.29, 1.82) is 0 Å². The fraction of sp³-hybridized carbons (Fsp3) is 0.286. The normalized spacial score (nSPS) is 21.3. The number of nitrogens with one attached hydrogen (secondary N) is 2. The van der Waals surface area contributed by atoms with Crippen LogP contribution in [0.2, 0.25) is 0 Å². The van der Waals surface area contributed by atoms with Gasteiger partial charge in [-0.25, -0.2) is 4.98 Å². The number of fused-ring (bicyclic) bond motifs is 1. The fourth-order valence-electron chi connectivity index (χ4n) is 3.82. The Morgan fingerprint density at radius 1 is 1.21 bits per heavy atom. The second-order valence-electron chi connectivity index (χ2n) is 7.05. The van der Waals surface area contributed by atoms with Gasteiger partial charge in [-0.05, 0) is 30.7 Å². The average molecular weight is 415 g/mol. The van der Waals surface area contributed by atoms with Gasteiger partial charge in [-0.1, -0.05) is 42.5 Å². The summed E-state index contributed by atoms with van der Waals surface area (Å²) in [5.74, 6) is -0.344. The number of benzene rings is 2. The molecule has 0 aliphatic carbocycles. The number of piperidine rings is 1.